The van der Waals surface area contributed by atoms with Crippen molar-refractivity contribution in [3.05, 3.63) is 35.4 Å². The van der Waals surface area contributed by atoms with Gasteiger partial charge in [0.05, 0.1) is 0 Å². The summed E-state index contributed by atoms with van der Waals surface area (Å²) >= 11 is 0. The molecule has 1 aromatic carbocycles. The summed E-state index contributed by atoms with van der Waals surface area (Å²) in [5.74, 6) is -0.0190. The second-order valence-electron chi connectivity index (χ2n) is 5.31. The molecule has 1 amide bonds. The Kier molecular flexibility index (Phi) is 5.52. The summed E-state index contributed by atoms with van der Waals surface area (Å²) in [6, 6.07) is 7.48. The van der Waals surface area contributed by atoms with E-state index < -0.39 is 0 Å². The minimum Gasteiger partial charge on any atom is -0.351 e. The molecule has 1 heterocycles. The van der Waals surface area contributed by atoms with Crippen LogP contribution in [-0.4, -0.2) is 62.0 Å². The van der Waals surface area contributed by atoms with E-state index in [-0.39, 0.29) is 5.91 Å². The van der Waals surface area contributed by atoms with Crippen LogP contribution in [0.4, 0.5) is 0 Å². The van der Waals surface area contributed by atoms with Gasteiger partial charge < -0.3 is 16.0 Å². The van der Waals surface area contributed by atoms with E-state index in [1.165, 1.54) is 0 Å². The number of rotatable bonds is 5. The molecule has 2 rings (SSSR count). The standard InChI is InChI=1S/C15H24N4O/c1-18-7-9-19(10-8-18)6-5-17-15(20)14-4-2-3-13(11-14)12-16/h2-4,11H,5-10,12,16H2,1H3,(H,17,20). The molecule has 5 heteroatoms. The molecular formula is C15H24N4O. The van der Waals surface area contributed by atoms with Crippen molar-refractivity contribution in [2.75, 3.05) is 46.3 Å². The number of nitrogens with two attached hydrogens (primary N) is 1. The molecule has 5 nitrogen and oxygen atoms in total. The van der Waals surface area contributed by atoms with Crippen molar-refractivity contribution in [1.29, 1.82) is 0 Å². The van der Waals surface area contributed by atoms with Gasteiger partial charge in [-0.05, 0) is 24.7 Å². The van der Waals surface area contributed by atoms with E-state index in [1.54, 1.807) is 0 Å². The Morgan fingerprint density at radius 1 is 1.30 bits per heavy atom. The van der Waals surface area contributed by atoms with E-state index in [4.69, 9.17) is 5.73 Å². The van der Waals surface area contributed by atoms with Crippen molar-refractivity contribution >= 4 is 5.91 Å². The molecule has 20 heavy (non-hydrogen) atoms. The number of piperazine rings is 1. The first kappa shape index (κ1) is 15.0. The number of amides is 1. The van der Waals surface area contributed by atoms with Gasteiger partial charge >= 0.3 is 0 Å². The average Bonchev–Trinajstić information content (AvgIpc) is 2.49. The maximum atomic E-state index is 12.0. The van der Waals surface area contributed by atoms with Crippen LogP contribution < -0.4 is 11.1 Å². The van der Waals surface area contributed by atoms with Crippen LogP contribution in [0.3, 0.4) is 0 Å². The van der Waals surface area contributed by atoms with Crippen molar-refractivity contribution in [3.8, 4) is 0 Å². The van der Waals surface area contributed by atoms with Crippen LogP contribution in [0.1, 0.15) is 15.9 Å². The van der Waals surface area contributed by atoms with Gasteiger partial charge in [-0.15, -0.1) is 0 Å². The molecule has 0 bridgehead atoms. The van der Waals surface area contributed by atoms with Gasteiger partial charge in [0.25, 0.3) is 5.91 Å². The molecule has 1 aromatic rings. The second-order valence-corrected chi connectivity index (χ2v) is 5.31. The highest BCUT2D eigenvalue weighted by molar-refractivity contribution is 5.94. The number of carbonyl (C=O) groups is 1. The fourth-order valence-corrected chi connectivity index (χ4v) is 2.34. The van der Waals surface area contributed by atoms with E-state index >= 15 is 0 Å². The fourth-order valence-electron chi connectivity index (χ4n) is 2.34. The molecule has 3 N–H and O–H groups in total. The minimum atomic E-state index is -0.0190. The van der Waals surface area contributed by atoms with Crippen LogP contribution in [0.15, 0.2) is 24.3 Å². The smallest absolute Gasteiger partial charge is 0.251 e. The summed E-state index contributed by atoms with van der Waals surface area (Å²) in [6.45, 7) is 6.43. The predicted octanol–water partition coefficient (Wildman–Crippen LogP) is 0.123. The molecule has 1 saturated heterocycles. The van der Waals surface area contributed by atoms with Gasteiger partial charge in [0.1, 0.15) is 0 Å². The van der Waals surface area contributed by atoms with Gasteiger partial charge in [0.15, 0.2) is 0 Å². The maximum absolute atomic E-state index is 12.0. The Balaban J connectivity index is 1.74. The second kappa shape index (κ2) is 7.38. The van der Waals surface area contributed by atoms with Crippen LogP contribution in [0.5, 0.6) is 0 Å². The third kappa shape index (κ3) is 4.30. The number of carbonyl (C=O) groups excluding carboxylic acids is 1. The highest BCUT2D eigenvalue weighted by atomic mass is 16.1. The molecule has 0 aliphatic carbocycles. The molecular weight excluding hydrogens is 252 g/mol. The Hall–Kier alpha value is -1.43. The van der Waals surface area contributed by atoms with Crippen LogP contribution >= 0.6 is 0 Å². The number of benzene rings is 1. The van der Waals surface area contributed by atoms with Gasteiger partial charge in [0.2, 0.25) is 0 Å². The zero-order chi connectivity index (χ0) is 14.4. The lowest BCUT2D eigenvalue weighted by Gasteiger charge is -2.32. The van der Waals surface area contributed by atoms with Crippen molar-refractivity contribution < 1.29 is 4.79 Å². The number of hydrogen-bond donors (Lipinski definition) is 2. The van der Waals surface area contributed by atoms with Gasteiger partial charge in [-0.2, -0.15) is 0 Å². The normalized spacial score (nSPS) is 17.1. The van der Waals surface area contributed by atoms with Gasteiger partial charge in [-0.3, -0.25) is 9.69 Å². The molecule has 0 aromatic heterocycles. The van der Waals surface area contributed by atoms with Crippen LogP contribution in [0.2, 0.25) is 0 Å². The average molecular weight is 276 g/mol. The molecule has 0 spiro atoms. The molecule has 1 aliphatic heterocycles. The van der Waals surface area contributed by atoms with E-state index in [0.29, 0.717) is 18.7 Å². The van der Waals surface area contributed by atoms with Crippen molar-refractivity contribution in [1.82, 2.24) is 15.1 Å². The Morgan fingerprint density at radius 2 is 2.05 bits per heavy atom. The van der Waals surface area contributed by atoms with Gasteiger partial charge in [-0.1, -0.05) is 12.1 Å². The molecule has 0 saturated carbocycles. The summed E-state index contributed by atoms with van der Waals surface area (Å²) in [5.41, 5.74) is 7.25. The SMILES string of the molecule is CN1CCN(CCNC(=O)c2cccc(CN)c2)CC1. The predicted molar refractivity (Wildman–Crippen MR) is 80.6 cm³/mol. The first-order chi connectivity index (χ1) is 9.69. The van der Waals surface area contributed by atoms with E-state index in [1.807, 2.05) is 24.3 Å². The summed E-state index contributed by atoms with van der Waals surface area (Å²) < 4.78 is 0. The first-order valence-electron chi connectivity index (χ1n) is 7.17. The lowest BCUT2D eigenvalue weighted by atomic mass is 10.1. The minimum absolute atomic E-state index is 0.0190. The van der Waals surface area contributed by atoms with Crippen LogP contribution in [0.25, 0.3) is 0 Å². The highest BCUT2D eigenvalue weighted by Crippen LogP contribution is 2.04. The summed E-state index contributed by atoms with van der Waals surface area (Å²) in [6.07, 6.45) is 0. The highest BCUT2D eigenvalue weighted by Gasteiger charge is 2.13. The Morgan fingerprint density at radius 3 is 2.75 bits per heavy atom. The van der Waals surface area contributed by atoms with Gasteiger partial charge in [0, 0.05) is 51.4 Å². The van der Waals surface area contributed by atoms with E-state index in [9.17, 15) is 4.79 Å². The number of hydrogen-bond acceptors (Lipinski definition) is 4. The van der Waals surface area contributed by atoms with Crippen molar-refractivity contribution in [2.45, 2.75) is 6.54 Å². The van der Waals surface area contributed by atoms with E-state index in [2.05, 4.69) is 22.2 Å². The van der Waals surface area contributed by atoms with Crippen molar-refractivity contribution in [2.24, 2.45) is 5.73 Å². The molecule has 0 atom stereocenters. The van der Waals surface area contributed by atoms with Crippen LogP contribution in [-0.2, 0) is 6.54 Å². The molecule has 110 valence electrons. The molecule has 0 unspecified atom stereocenters. The molecule has 0 radical (unpaired) electrons. The maximum Gasteiger partial charge on any atom is 0.251 e. The monoisotopic (exact) mass is 276 g/mol. The summed E-state index contributed by atoms with van der Waals surface area (Å²) in [4.78, 5) is 16.7. The first-order valence-corrected chi connectivity index (χ1v) is 7.17. The topological polar surface area (TPSA) is 61.6 Å². The van der Waals surface area contributed by atoms with Crippen LogP contribution in [0, 0.1) is 0 Å². The summed E-state index contributed by atoms with van der Waals surface area (Å²) in [5, 5.41) is 2.97. The molecule has 1 aliphatic rings. The zero-order valence-electron chi connectivity index (χ0n) is 12.1. The number of likely N-dealkylation sites (N-methyl/N-ethyl adjacent to an activating group) is 1. The number of nitrogens with zero attached hydrogens (tertiary/aromatic N) is 2. The lowest BCUT2D eigenvalue weighted by Crippen LogP contribution is -2.46. The zero-order valence-corrected chi connectivity index (χ0v) is 12.1. The lowest BCUT2D eigenvalue weighted by molar-refractivity contribution is 0.0941. The largest absolute Gasteiger partial charge is 0.351 e. The summed E-state index contributed by atoms with van der Waals surface area (Å²) in [7, 11) is 2.14. The Bertz CT molecular complexity index is 441. The fraction of sp³-hybridized carbons (Fsp3) is 0.533. The van der Waals surface area contributed by atoms with E-state index in [0.717, 1.165) is 38.3 Å². The van der Waals surface area contributed by atoms with Crippen molar-refractivity contribution in [3.63, 3.8) is 0 Å². The van der Waals surface area contributed by atoms with Gasteiger partial charge in [-0.25, -0.2) is 0 Å². The quantitative estimate of drug-likeness (QED) is 0.802. The third-order valence-corrected chi connectivity index (χ3v) is 3.73. The third-order valence-electron chi connectivity index (χ3n) is 3.73. The Labute approximate surface area is 120 Å². The number of nitrogens with one attached hydrogen (secondary N) is 1. The molecule has 1 fully saturated rings.